The zero-order valence-electron chi connectivity index (χ0n) is 10.2. The molecular formula is C11H18ClN3O. The molecule has 0 spiro atoms. The number of halogens is 1. The molecule has 16 heavy (non-hydrogen) atoms. The van der Waals surface area contributed by atoms with Crippen molar-refractivity contribution < 1.29 is 4.79 Å². The molecule has 0 aliphatic carbocycles. The van der Waals surface area contributed by atoms with E-state index in [2.05, 4.69) is 5.10 Å². The lowest BCUT2D eigenvalue weighted by atomic mass is 10.3. The lowest BCUT2D eigenvalue weighted by Gasteiger charge is -2.18. The highest BCUT2D eigenvalue weighted by Crippen LogP contribution is 2.08. The molecule has 5 heteroatoms. The normalized spacial score (nSPS) is 12.6. The van der Waals surface area contributed by atoms with Crippen molar-refractivity contribution in [3.8, 4) is 0 Å². The van der Waals surface area contributed by atoms with Gasteiger partial charge in [0.05, 0.1) is 5.69 Å². The molecule has 0 aliphatic rings. The van der Waals surface area contributed by atoms with E-state index in [0.29, 0.717) is 18.8 Å². The maximum atomic E-state index is 12.1. The van der Waals surface area contributed by atoms with Gasteiger partial charge in [-0.3, -0.25) is 9.48 Å². The molecule has 1 atom stereocenters. The Labute approximate surface area is 101 Å². The smallest absolute Gasteiger partial charge is 0.271 e. The summed E-state index contributed by atoms with van der Waals surface area (Å²) in [5, 5.41) is 4.20. The summed E-state index contributed by atoms with van der Waals surface area (Å²) in [5.74, 6) is -0.0325. The fourth-order valence-corrected chi connectivity index (χ4v) is 1.82. The first kappa shape index (κ1) is 13.0. The highest BCUT2D eigenvalue weighted by molar-refractivity contribution is 6.20. The third-order valence-corrected chi connectivity index (χ3v) is 2.43. The zero-order valence-corrected chi connectivity index (χ0v) is 11.0. The summed E-state index contributed by atoms with van der Waals surface area (Å²) in [6, 6.07) is 1.81. The maximum absolute atomic E-state index is 12.1. The predicted octanol–water partition coefficient (Wildman–Crippen LogP) is 1.91. The van der Waals surface area contributed by atoms with Gasteiger partial charge >= 0.3 is 0 Å². The molecule has 4 nitrogen and oxygen atoms in total. The van der Waals surface area contributed by atoms with E-state index >= 15 is 0 Å². The average molecular weight is 244 g/mol. The molecule has 1 amide bonds. The minimum Gasteiger partial charge on any atom is -0.339 e. The number of alkyl halides is 1. The highest BCUT2D eigenvalue weighted by atomic mass is 35.5. The van der Waals surface area contributed by atoms with Crippen LogP contribution in [0.1, 0.15) is 30.0 Å². The van der Waals surface area contributed by atoms with E-state index in [1.807, 2.05) is 20.8 Å². The van der Waals surface area contributed by atoms with Gasteiger partial charge < -0.3 is 4.90 Å². The van der Waals surface area contributed by atoms with Gasteiger partial charge in [0.1, 0.15) is 5.69 Å². The number of aromatic nitrogens is 2. The summed E-state index contributed by atoms with van der Waals surface area (Å²) >= 11 is 5.87. The summed E-state index contributed by atoms with van der Waals surface area (Å²) in [4.78, 5) is 13.7. The Morgan fingerprint density at radius 1 is 1.69 bits per heavy atom. The highest BCUT2D eigenvalue weighted by Gasteiger charge is 2.18. The first-order chi connectivity index (χ1) is 7.45. The molecule has 0 aliphatic heterocycles. The molecule has 1 unspecified atom stereocenters. The third-order valence-electron chi connectivity index (χ3n) is 2.29. The van der Waals surface area contributed by atoms with E-state index in [1.54, 1.807) is 22.7 Å². The Hall–Kier alpha value is -1.03. The van der Waals surface area contributed by atoms with Crippen LogP contribution in [0.3, 0.4) is 0 Å². The van der Waals surface area contributed by atoms with Crippen molar-refractivity contribution in [2.75, 3.05) is 13.6 Å². The Morgan fingerprint density at radius 3 is 2.81 bits per heavy atom. The van der Waals surface area contributed by atoms with Gasteiger partial charge in [0.25, 0.3) is 5.91 Å². The molecule has 0 N–H and O–H groups in total. The van der Waals surface area contributed by atoms with Crippen molar-refractivity contribution in [3.05, 3.63) is 17.5 Å². The number of carbonyl (C=O) groups excluding carboxylic acids is 1. The van der Waals surface area contributed by atoms with Gasteiger partial charge in [-0.1, -0.05) is 0 Å². The van der Waals surface area contributed by atoms with Crippen LogP contribution in [-0.2, 0) is 6.54 Å². The van der Waals surface area contributed by atoms with Crippen molar-refractivity contribution in [2.24, 2.45) is 0 Å². The van der Waals surface area contributed by atoms with Crippen molar-refractivity contribution in [2.45, 2.75) is 32.7 Å². The third kappa shape index (κ3) is 2.98. The molecule has 1 aromatic rings. The molecule has 0 fully saturated rings. The molecule has 1 rings (SSSR count). The van der Waals surface area contributed by atoms with E-state index < -0.39 is 0 Å². The largest absolute Gasteiger partial charge is 0.339 e. The SMILES string of the molecule is CCn1nc(C)cc1C(=O)N(C)CC(C)Cl. The number of rotatable bonds is 4. The van der Waals surface area contributed by atoms with Gasteiger partial charge in [-0.15, -0.1) is 11.6 Å². The zero-order chi connectivity index (χ0) is 12.3. The minimum atomic E-state index is -0.0481. The van der Waals surface area contributed by atoms with Gasteiger partial charge in [-0.25, -0.2) is 0 Å². The number of aryl methyl sites for hydroxylation is 2. The first-order valence-corrected chi connectivity index (χ1v) is 5.83. The minimum absolute atomic E-state index is 0.0325. The first-order valence-electron chi connectivity index (χ1n) is 5.39. The summed E-state index contributed by atoms with van der Waals surface area (Å²) in [7, 11) is 1.75. The van der Waals surface area contributed by atoms with Crippen molar-refractivity contribution >= 4 is 17.5 Å². The molecule has 0 saturated heterocycles. The standard InChI is InChI=1S/C11H18ClN3O/c1-5-15-10(6-9(3)13-15)11(16)14(4)7-8(2)12/h6,8H,5,7H2,1-4H3. The second kappa shape index (κ2) is 5.34. The van der Waals surface area contributed by atoms with Gasteiger partial charge in [-0.05, 0) is 26.8 Å². The number of hydrogen-bond donors (Lipinski definition) is 0. The van der Waals surface area contributed by atoms with Crippen molar-refractivity contribution in [1.29, 1.82) is 0 Å². The monoisotopic (exact) mass is 243 g/mol. The van der Waals surface area contributed by atoms with Crippen LogP contribution in [0.2, 0.25) is 0 Å². The Balaban J connectivity index is 2.86. The number of carbonyl (C=O) groups is 1. The van der Waals surface area contributed by atoms with E-state index in [0.717, 1.165) is 5.69 Å². The predicted molar refractivity (Wildman–Crippen MR) is 64.9 cm³/mol. The molecule has 1 heterocycles. The van der Waals surface area contributed by atoms with Crippen LogP contribution < -0.4 is 0 Å². The fraction of sp³-hybridized carbons (Fsp3) is 0.636. The second-order valence-corrected chi connectivity index (χ2v) is 4.70. The van der Waals surface area contributed by atoms with E-state index in [9.17, 15) is 4.79 Å². The quantitative estimate of drug-likeness (QED) is 0.758. The van der Waals surface area contributed by atoms with Crippen molar-refractivity contribution in [3.63, 3.8) is 0 Å². The summed E-state index contributed by atoms with van der Waals surface area (Å²) in [6.07, 6.45) is 0. The van der Waals surface area contributed by atoms with Crippen LogP contribution in [0, 0.1) is 6.92 Å². The molecule has 1 aromatic heterocycles. The van der Waals surface area contributed by atoms with E-state index in [1.165, 1.54) is 0 Å². The number of nitrogens with zero attached hydrogens (tertiary/aromatic N) is 3. The molecule has 0 bridgehead atoms. The van der Waals surface area contributed by atoms with E-state index in [-0.39, 0.29) is 11.3 Å². The Morgan fingerprint density at radius 2 is 2.31 bits per heavy atom. The number of hydrogen-bond acceptors (Lipinski definition) is 2. The maximum Gasteiger partial charge on any atom is 0.271 e. The van der Waals surface area contributed by atoms with Gasteiger partial charge in [-0.2, -0.15) is 5.10 Å². The Bertz CT molecular complexity index is 373. The van der Waals surface area contributed by atoms with Gasteiger partial charge in [0.15, 0.2) is 0 Å². The summed E-state index contributed by atoms with van der Waals surface area (Å²) in [6.45, 7) is 6.95. The van der Waals surface area contributed by atoms with Crippen LogP contribution in [0.25, 0.3) is 0 Å². The summed E-state index contributed by atoms with van der Waals surface area (Å²) in [5.41, 5.74) is 1.48. The van der Waals surface area contributed by atoms with Gasteiger partial charge in [0, 0.05) is 25.5 Å². The Kier molecular flexibility index (Phi) is 4.35. The average Bonchev–Trinajstić information content (AvgIpc) is 2.57. The van der Waals surface area contributed by atoms with Crippen LogP contribution in [0.5, 0.6) is 0 Å². The van der Waals surface area contributed by atoms with E-state index in [4.69, 9.17) is 11.6 Å². The van der Waals surface area contributed by atoms with Crippen LogP contribution in [0.4, 0.5) is 0 Å². The molecule has 0 aromatic carbocycles. The van der Waals surface area contributed by atoms with Crippen molar-refractivity contribution in [1.82, 2.24) is 14.7 Å². The fourth-order valence-electron chi connectivity index (χ4n) is 1.61. The lowest BCUT2D eigenvalue weighted by molar-refractivity contribution is 0.0784. The molecule has 90 valence electrons. The molecule has 0 radical (unpaired) electrons. The van der Waals surface area contributed by atoms with Crippen LogP contribution in [0.15, 0.2) is 6.07 Å². The van der Waals surface area contributed by atoms with Crippen LogP contribution >= 0.6 is 11.6 Å². The number of amides is 1. The van der Waals surface area contributed by atoms with Crippen LogP contribution in [-0.4, -0.2) is 39.6 Å². The lowest BCUT2D eigenvalue weighted by Crippen LogP contribution is -2.32. The van der Waals surface area contributed by atoms with Gasteiger partial charge in [0.2, 0.25) is 0 Å². The molecular weight excluding hydrogens is 226 g/mol. The second-order valence-electron chi connectivity index (χ2n) is 3.95. The molecule has 0 saturated carbocycles. The topological polar surface area (TPSA) is 38.1 Å². The summed E-state index contributed by atoms with van der Waals surface area (Å²) < 4.78 is 1.72.